The Morgan fingerprint density at radius 3 is 1.64 bits per heavy atom. The molecule has 2 N–H and O–H groups in total. The van der Waals surface area contributed by atoms with Crippen LogP contribution in [0.15, 0.2) is 48.5 Å². The number of piperidine rings is 2. The van der Waals surface area contributed by atoms with Crippen molar-refractivity contribution in [3.63, 3.8) is 0 Å². The number of carbonyl (C=O) groups is 4. The van der Waals surface area contributed by atoms with Gasteiger partial charge in [0.05, 0.1) is 12.1 Å². The van der Waals surface area contributed by atoms with Gasteiger partial charge in [-0.25, -0.2) is 4.79 Å². The average Bonchev–Trinajstić information content (AvgIpc) is 3.09. The van der Waals surface area contributed by atoms with Crippen molar-refractivity contribution in [2.24, 2.45) is 5.73 Å². The fraction of sp³-hybridized carbons (Fsp3) is 0.529. The summed E-state index contributed by atoms with van der Waals surface area (Å²) in [5.74, 6) is -3.93. The van der Waals surface area contributed by atoms with Gasteiger partial charge in [-0.1, -0.05) is 24.3 Å². The number of anilines is 2. The van der Waals surface area contributed by atoms with Crippen molar-refractivity contribution in [3.05, 3.63) is 59.7 Å². The van der Waals surface area contributed by atoms with Crippen LogP contribution in [-0.4, -0.2) is 86.5 Å². The summed E-state index contributed by atoms with van der Waals surface area (Å²) in [5, 5.41) is 0. The maximum atomic E-state index is 12.3. The summed E-state index contributed by atoms with van der Waals surface area (Å²) in [6, 6.07) is 15.4. The molecule has 0 spiro atoms. The lowest BCUT2D eigenvalue weighted by Gasteiger charge is -2.35. The molecule has 3 amide bonds. The SMILES string of the molecule is CCN(C)c1cccc(C2CCCCN2C(=O)C(=O)OCC(F)(F)F)c1.CCN(C)c1cccc(C2CCCCN2C(=O)C(N)=O)c1. The van der Waals surface area contributed by atoms with Gasteiger partial charge in [0.25, 0.3) is 0 Å². The molecule has 2 atom stereocenters. The molecule has 0 aromatic heterocycles. The van der Waals surface area contributed by atoms with E-state index in [2.05, 4.69) is 28.7 Å². The van der Waals surface area contributed by atoms with Gasteiger partial charge >= 0.3 is 29.9 Å². The van der Waals surface area contributed by atoms with Crippen molar-refractivity contribution in [2.75, 3.05) is 56.7 Å². The van der Waals surface area contributed by atoms with Gasteiger partial charge in [-0.05, 0) is 87.8 Å². The van der Waals surface area contributed by atoms with Crippen molar-refractivity contribution >= 4 is 35.1 Å². The number of benzene rings is 2. The molecule has 2 aromatic carbocycles. The predicted octanol–water partition coefficient (Wildman–Crippen LogP) is 4.98. The zero-order valence-electron chi connectivity index (χ0n) is 27.6. The molecule has 2 aliphatic rings. The van der Waals surface area contributed by atoms with Crippen LogP contribution in [0, 0.1) is 0 Å². The molecule has 2 aromatic rings. The Morgan fingerprint density at radius 1 is 0.787 bits per heavy atom. The molecule has 258 valence electrons. The smallest absolute Gasteiger partial charge is 0.422 e. The quantitative estimate of drug-likeness (QED) is 0.329. The third-order valence-electron chi connectivity index (χ3n) is 8.62. The Morgan fingerprint density at radius 2 is 1.23 bits per heavy atom. The molecule has 2 saturated heterocycles. The van der Waals surface area contributed by atoms with Crippen molar-refractivity contribution in [2.45, 2.75) is 70.6 Å². The first-order chi connectivity index (χ1) is 22.3. The van der Waals surface area contributed by atoms with E-state index < -0.39 is 36.5 Å². The number of nitrogens with two attached hydrogens (primary N) is 1. The fourth-order valence-electron chi connectivity index (χ4n) is 5.81. The lowest BCUT2D eigenvalue weighted by molar-refractivity contribution is -0.190. The van der Waals surface area contributed by atoms with E-state index in [4.69, 9.17) is 5.73 Å². The number of hydrogen-bond acceptors (Lipinski definition) is 7. The summed E-state index contributed by atoms with van der Waals surface area (Å²) < 4.78 is 40.8. The maximum absolute atomic E-state index is 12.3. The summed E-state index contributed by atoms with van der Waals surface area (Å²) in [4.78, 5) is 54.5. The first kappa shape index (κ1) is 37.2. The van der Waals surface area contributed by atoms with Crippen LogP contribution >= 0.6 is 0 Å². The van der Waals surface area contributed by atoms with Gasteiger partial charge in [0.2, 0.25) is 0 Å². The molecule has 2 heterocycles. The molecule has 13 heteroatoms. The first-order valence-corrected chi connectivity index (χ1v) is 16.0. The Balaban J connectivity index is 0.000000261. The van der Waals surface area contributed by atoms with Gasteiger partial charge in [-0.2, -0.15) is 13.2 Å². The van der Waals surface area contributed by atoms with Crippen LogP contribution in [0.2, 0.25) is 0 Å². The van der Waals surface area contributed by atoms with Crippen molar-refractivity contribution in [1.29, 1.82) is 0 Å². The number of primary amides is 1. The van der Waals surface area contributed by atoms with Crippen LogP contribution in [0.4, 0.5) is 24.5 Å². The highest BCUT2D eigenvalue weighted by molar-refractivity contribution is 6.34. The summed E-state index contributed by atoms with van der Waals surface area (Å²) in [6.45, 7) is 4.99. The van der Waals surface area contributed by atoms with Crippen molar-refractivity contribution in [3.8, 4) is 0 Å². The number of rotatable bonds is 7. The number of ether oxygens (including phenoxy) is 1. The molecule has 4 rings (SSSR count). The van der Waals surface area contributed by atoms with Crippen LogP contribution in [-0.2, 0) is 23.9 Å². The van der Waals surface area contributed by atoms with Gasteiger partial charge in [-0.15, -0.1) is 0 Å². The average molecular weight is 662 g/mol. The molecule has 0 radical (unpaired) electrons. The van der Waals surface area contributed by atoms with Crippen LogP contribution < -0.4 is 15.5 Å². The maximum Gasteiger partial charge on any atom is 0.422 e. The Bertz CT molecular complexity index is 1390. The normalized spacial score (nSPS) is 18.0. The molecule has 2 unspecified atom stereocenters. The van der Waals surface area contributed by atoms with E-state index in [1.165, 1.54) is 4.90 Å². The van der Waals surface area contributed by atoms with E-state index >= 15 is 0 Å². The van der Waals surface area contributed by atoms with Crippen molar-refractivity contribution in [1.82, 2.24) is 9.80 Å². The molecule has 47 heavy (non-hydrogen) atoms. The standard InChI is InChI=1S/C18H23F3N2O3.C16H23N3O2/c1-3-22(2)14-8-6-7-13(11-14)15-9-4-5-10-23(15)16(24)17(25)26-12-18(19,20)21;1-3-18(2)13-8-6-7-12(11-13)14-9-4-5-10-19(14)16(21)15(17)20/h6-8,11,15H,3-5,9-10,12H2,1-2H3;6-8,11,14H,3-5,9-10H2,1-2H3,(H2,17,20). The lowest BCUT2D eigenvalue weighted by Crippen LogP contribution is -2.44. The monoisotopic (exact) mass is 661 g/mol. The summed E-state index contributed by atoms with van der Waals surface area (Å²) in [5.41, 5.74) is 9.19. The van der Waals surface area contributed by atoms with Gasteiger partial charge < -0.3 is 30.1 Å². The minimum absolute atomic E-state index is 0.0519. The van der Waals surface area contributed by atoms with E-state index in [-0.39, 0.29) is 12.1 Å². The van der Waals surface area contributed by atoms with E-state index in [1.807, 2.05) is 62.3 Å². The summed E-state index contributed by atoms with van der Waals surface area (Å²) >= 11 is 0. The van der Waals surface area contributed by atoms with Gasteiger partial charge in [-0.3, -0.25) is 14.4 Å². The van der Waals surface area contributed by atoms with Gasteiger partial charge in [0.15, 0.2) is 6.61 Å². The molecule has 2 aliphatic heterocycles. The highest BCUT2D eigenvalue weighted by Gasteiger charge is 2.36. The second-order valence-corrected chi connectivity index (χ2v) is 11.8. The molecular weight excluding hydrogens is 615 g/mol. The second-order valence-electron chi connectivity index (χ2n) is 11.8. The number of halogens is 3. The molecule has 0 bridgehead atoms. The predicted molar refractivity (Wildman–Crippen MR) is 174 cm³/mol. The van der Waals surface area contributed by atoms with Crippen LogP contribution in [0.5, 0.6) is 0 Å². The highest BCUT2D eigenvalue weighted by atomic mass is 19.4. The number of likely N-dealkylation sites (tertiary alicyclic amines) is 2. The number of carbonyl (C=O) groups excluding carboxylic acids is 4. The minimum atomic E-state index is -4.66. The second kappa shape index (κ2) is 17.0. The molecule has 10 nitrogen and oxygen atoms in total. The summed E-state index contributed by atoms with van der Waals surface area (Å²) in [6.07, 6.45) is 0.417. The molecule has 0 saturated carbocycles. The zero-order valence-corrected chi connectivity index (χ0v) is 27.6. The highest BCUT2D eigenvalue weighted by Crippen LogP contribution is 2.34. The minimum Gasteiger partial charge on any atom is -0.449 e. The number of amides is 3. The lowest BCUT2D eigenvalue weighted by atomic mass is 9.94. The van der Waals surface area contributed by atoms with E-state index in [9.17, 15) is 32.3 Å². The Kier molecular flexibility index (Phi) is 13.5. The molecule has 0 aliphatic carbocycles. The number of hydrogen-bond donors (Lipinski definition) is 1. The first-order valence-electron chi connectivity index (χ1n) is 16.0. The van der Waals surface area contributed by atoms with Crippen molar-refractivity contribution < 1.29 is 37.1 Å². The van der Waals surface area contributed by atoms with E-state index in [0.29, 0.717) is 25.9 Å². The number of alkyl halides is 3. The largest absolute Gasteiger partial charge is 0.449 e. The fourth-order valence-corrected chi connectivity index (χ4v) is 5.81. The van der Waals surface area contributed by atoms with E-state index in [1.54, 1.807) is 4.90 Å². The van der Waals surface area contributed by atoms with Crippen LogP contribution in [0.3, 0.4) is 0 Å². The number of nitrogens with zero attached hydrogens (tertiary/aromatic N) is 4. The van der Waals surface area contributed by atoms with Crippen LogP contribution in [0.1, 0.15) is 75.6 Å². The zero-order chi connectivity index (χ0) is 34.7. The van der Waals surface area contributed by atoms with Gasteiger partial charge in [0, 0.05) is 51.6 Å². The van der Waals surface area contributed by atoms with Gasteiger partial charge in [0.1, 0.15) is 0 Å². The third kappa shape index (κ3) is 10.4. The Labute approximate surface area is 274 Å². The molecular formula is C34H46F3N5O5. The van der Waals surface area contributed by atoms with E-state index in [0.717, 1.165) is 61.3 Å². The molecule has 2 fully saturated rings. The summed E-state index contributed by atoms with van der Waals surface area (Å²) in [7, 11) is 3.98. The number of esters is 1. The topological polar surface area (TPSA) is 116 Å². The Hall–Kier alpha value is -4.29. The third-order valence-corrected chi connectivity index (χ3v) is 8.62. The van der Waals surface area contributed by atoms with Crippen LogP contribution in [0.25, 0.3) is 0 Å².